The van der Waals surface area contributed by atoms with Gasteiger partial charge in [0.25, 0.3) is 0 Å². The lowest BCUT2D eigenvalue weighted by atomic mass is 9.89. The van der Waals surface area contributed by atoms with Crippen LogP contribution in [-0.2, 0) is 4.74 Å². The highest BCUT2D eigenvalue weighted by Crippen LogP contribution is 2.33. The monoisotopic (exact) mass is 265 g/mol. The summed E-state index contributed by atoms with van der Waals surface area (Å²) in [7, 11) is 0. The largest absolute Gasteiger partial charge is 0.506 e. The number of hydrogen-bond donors (Lipinski definition) is 2. The zero-order valence-electron chi connectivity index (χ0n) is 11.6. The average molecular weight is 265 g/mol. The van der Waals surface area contributed by atoms with Crippen molar-refractivity contribution in [2.24, 2.45) is 5.92 Å². The first-order valence-electron chi connectivity index (χ1n) is 6.83. The second-order valence-electron chi connectivity index (χ2n) is 4.79. The Bertz CT molecular complexity index is 406. The molecule has 0 radical (unpaired) electrons. The lowest BCUT2D eigenvalue weighted by Crippen LogP contribution is -2.19. The third kappa shape index (κ3) is 4.81. The third-order valence-electron chi connectivity index (χ3n) is 3.35. The molecule has 0 aliphatic carbocycles. The van der Waals surface area contributed by atoms with Gasteiger partial charge >= 0.3 is 6.16 Å². The van der Waals surface area contributed by atoms with Gasteiger partial charge in [-0.05, 0) is 30.5 Å². The van der Waals surface area contributed by atoms with Crippen molar-refractivity contribution < 1.29 is 14.6 Å². The molecule has 0 aromatic heterocycles. The first-order valence-corrected chi connectivity index (χ1v) is 6.83. The SMILES string of the molecule is CCCCC(CC)C(OC(=O)O)c1cccc(N)c1. The number of rotatable bonds is 7. The number of anilines is 1. The molecule has 2 unspecified atom stereocenters. The van der Waals surface area contributed by atoms with E-state index in [9.17, 15) is 4.79 Å². The number of unbranched alkanes of at least 4 members (excludes halogenated alkanes) is 1. The van der Waals surface area contributed by atoms with Crippen LogP contribution in [0.5, 0.6) is 0 Å². The number of carbonyl (C=O) groups is 1. The highest BCUT2D eigenvalue weighted by atomic mass is 16.7. The Hall–Kier alpha value is -1.71. The summed E-state index contributed by atoms with van der Waals surface area (Å²) in [6, 6.07) is 7.28. The number of carboxylic acid groups (broad SMARTS) is 1. The van der Waals surface area contributed by atoms with Gasteiger partial charge in [-0.2, -0.15) is 0 Å². The van der Waals surface area contributed by atoms with Gasteiger partial charge in [0.2, 0.25) is 0 Å². The molecule has 0 saturated heterocycles. The van der Waals surface area contributed by atoms with Gasteiger partial charge in [-0.25, -0.2) is 4.79 Å². The Kier molecular flexibility index (Phi) is 6.19. The van der Waals surface area contributed by atoms with E-state index >= 15 is 0 Å². The summed E-state index contributed by atoms with van der Waals surface area (Å²) in [4.78, 5) is 10.9. The second kappa shape index (κ2) is 7.67. The molecule has 0 fully saturated rings. The smallest absolute Gasteiger partial charge is 0.450 e. The van der Waals surface area contributed by atoms with Crippen molar-refractivity contribution in [3.63, 3.8) is 0 Å². The van der Waals surface area contributed by atoms with Crippen LogP contribution in [0.3, 0.4) is 0 Å². The van der Waals surface area contributed by atoms with Crippen molar-refractivity contribution in [1.82, 2.24) is 0 Å². The van der Waals surface area contributed by atoms with E-state index in [1.807, 2.05) is 12.1 Å². The van der Waals surface area contributed by atoms with E-state index in [4.69, 9.17) is 15.6 Å². The van der Waals surface area contributed by atoms with Crippen LogP contribution in [-0.4, -0.2) is 11.3 Å². The fourth-order valence-corrected chi connectivity index (χ4v) is 2.32. The van der Waals surface area contributed by atoms with Gasteiger partial charge < -0.3 is 15.6 Å². The molecule has 4 nitrogen and oxygen atoms in total. The molecule has 0 bridgehead atoms. The molecule has 0 aliphatic rings. The molecule has 3 N–H and O–H groups in total. The van der Waals surface area contributed by atoms with Crippen LogP contribution in [0, 0.1) is 5.92 Å². The molecule has 1 aromatic carbocycles. The number of nitrogen functional groups attached to an aromatic ring is 1. The number of hydrogen-bond acceptors (Lipinski definition) is 3. The van der Waals surface area contributed by atoms with Gasteiger partial charge in [-0.1, -0.05) is 38.8 Å². The standard InChI is InChI=1S/C15H23NO3/c1-3-5-7-11(4-2)14(19-15(17)18)12-8-6-9-13(16)10-12/h6,8-11,14H,3-5,7,16H2,1-2H3,(H,17,18). The molecular weight excluding hydrogens is 242 g/mol. The molecule has 0 amide bonds. The minimum absolute atomic E-state index is 0.192. The summed E-state index contributed by atoms with van der Waals surface area (Å²) in [5.74, 6) is 0.192. The highest BCUT2D eigenvalue weighted by Gasteiger charge is 2.25. The van der Waals surface area contributed by atoms with E-state index in [2.05, 4.69) is 13.8 Å². The average Bonchev–Trinajstić information content (AvgIpc) is 2.37. The molecule has 4 heteroatoms. The van der Waals surface area contributed by atoms with E-state index in [1.54, 1.807) is 12.1 Å². The van der Waals surface area contributed by atoms with Gasteiger partial charge in [0.15, 0.2) is 0 Å². The summed E-state index contributed by atoms with van der Waals surface area (Å²) in [5, 5.41) is 8.93. The molecule has 106 valence electrons. The fourth-order valence-electron chi connectivity index (χ4n) is 2.32. The predicted molar refractivity (Wildman–Crippen MR) is 76.0 cm³/mol. The Labute approximate surface area is 114 Å². The molecule has 1 rings (SSSR count). The number of benzene rings is 1. The van der Waals surface area contributed by atoms with Crippen molar-refractivity contribution in [1.29, 1.82) is 0 Å². The molecule has 2 atom stereocenters. The molecular formula is C15H23NO3. The molecule has 0 saturated carbocycles. The summed E-state index contributed by atoms with van der Waals surface area (Å²) < 4.78 is 5.10. The zero-order chi connectivity index (χ0) is 14.3. The van der Waals surface area contributed by atoms with Crippen LogP contribution in [0.1, 0.15) is 51.2 Å². The van der Waals surface area contributed by atoms with Crippen LogP contribution in [0.25, 0.3) is 0 Å². The molecule has 0 spiro atoms. The normalized spacial score (nSPS) is 13.8. The van der Waals surface area contributed by atoms with Crippen molar-refractivity contribution in [2.45, 2.75) is 45.6 Å². The maximum absolute atomic E-state index is 10.9. The van der Waals surface area contributed by atoms with Crippen LogP contribution in [0.2, 0.25) is 0 Å². The van der Waals surface area contributed by atoms with E-state index in [0.29, 0.717) is 5.69 Å². The lowest BCUT2D eigenvalue weighted by molar-refractivity contribution is 0.0196. The van der Waals surface area contributed by atoms with Crippen molar-refractivity contribution in [3.05, 3.63) is 29.8 Å². The Morgan fingerprint density at radius 3 is 2.68 bits per heavy atom. The lowest BCUT2D eigenvalue weighted by Gasteiger charge is -2.25. The maximum Gasteiger partial charge on any atom is 0.506 e. The zero-order valence-corrected chi connectivity index (χ0v) is 11.6. The highest BCUT2D eigenvalue weighted by molar-refractivity contribution is 5.57. The van der Waals surface area contributed by atoms with Crippen LogP contribution in [0.4, 0.5) is 10.5 Å². The second-order valence-corrected chi connectivity index (χ2v) is 4.79. The Morgan fingerprint density at radius 2 is 2.16 bits per heavy atom. The van der Waals surface area contributed by atoms with Crippen molar-refractivity contribution in [2.75, 3.05) is 5.73 Å². The van der Waals surface area contributed by atoms with E-state index in [1.165, 1.54) is 0 Å². The first kappa shape index (κ1) is 15.3. The van der Waals surface area contributed by atoms with E-state index in [0.717, 1.165) is 31.2 Å². The molecule has 0 heterocycles. The summed E-state index contributed by atoms with van der Waals surface area (Å²) in [6.07, 6.45) is 2.33. The van der Waals surface area contributed by atoms with Crippen molar-refractivity contribution >= 4 is 11.8 Å². The van der Waals surface area contributed by atoms with Crippen molar-refractivity contribution in [3.8, 4) is 0 Å². The van der Waals surface area contributed by atoms with Gasteiger partial charge in [0, 0.05) is 11.6 Å². The van der Waals surface area contributed by atoms with Gasteiger partial charge in [0.05, 0.1) is 0 Å². The quantitative estimate of drug-likeness (QED) is 0.572. The number of ether oxygens (including phenoxy) is 1. The Balaban J connectivity index is 2.94. The fraction of sp³-hybridized carbons (Fsp3) is 0.533. The van der Waals surface area contributed by atoms with Crippen LogP contribution in [0.15, 0.2) is 24.3 Å². The molecule has 19 heavy (non-hydrogen) atoms. The van der Waals surface area contributed by atoms with E-state index in [-0.39, 0.29) is 5.92 Å². The topological polar surface area (TPSA) is 72.5 Å². The first-order chi connectivity index (χ1) is 9.08. The van der Waals surface area contributed by atoms with Crippen LogP contribution >= 0.6 is 0 Å². The molecule has 0 aliphatic heterocycles. The summed E-state index contributed by atoms with van der Waals surface area (Å²) in [5.41, 5.74) is 7.23. The summed E-state index contributed by atoms with van der Waals surface area (Å²) >= 11 is 0. The van der Waals surface area contributed by atoms with Crippen LogP contribution < -0.4 is 5.73 Å². The molecule has 1 aromatic rings. The Morgan fingerprint density at radius 1 is 1.42 bits per heavy atom. The summed E-state index contributed by atoms with van der Waals surface area (Å²) in [6.45, 7) is 4.19. The van der Waals surface area contributed by atoms with Gasteiger partial charge in [-0.15, -0.1) is 0 Å². The van der Waals surface area contributed by atoms with Gasteiger partial charge in [0.1, 0.15) is 6.10 Å². The maximum atomic E-state index is 10.9. The predicted octanol–water partition coefficient (Wildman–Crippen LogP) is 4.22. The minimum Gasteiger partial charge on any atom is -0.450 e. The minimum atomic E-state index is -1.23. The number of nitrogens with two attached hydrogens (primary N) is 1. The third-order valence-corrected chi connectivity index (χ3v) is 3.35. The van der Waals surface area contributed by atoms with Gasteiger partial charge in [-0.3, -0.25) is 0 Å². The van der Waals surface area contributed by atoms with E-state index < -0.39 is 12.3 Å².